The Bertz CT molecular complexity index is 410. The fourth-order valence-electron chi connectivity index (χ4n) is 1.92. The molecule has 1 amide bonds. The van der Waals surface area contributed by atoms with Crippen molar-refractivity contribution in [1.82, 2.24) is 14.5 Å². The Hall–Kier alpha value is -1.05. The molecule has 7 heteroatoms. The number of nitrogens with zero attached hydrogens (tertiary/aromatic N) is 3. The molecule has 1 saturated heterocycles. The number of aryl methyl sites for hydroxylation is 2. The molecule has 0 bridgehead atoms. The summed E-state index contributed by atoms with van der Waals surface area (Å²) in [5, 5.41) is 0. The zero-order valence-electron chi connectivity index (χ0n) is 10.3. The highest BCUT2D eigenvalue weighted by atomic mass is 32.2. The number of amides is 1. The first-order chi connectivity index (χ1) is 8.70. The molecular formula is C11H17N3O3S. The molecule has 2 heterocycles. The zero-order valence-corrected chi connectivity index (χ0v) is 11.1. The van der Waals surface area contributed by atoms with Gasteiger partial charge in [-0.15, -0.1) is 0 Å². The van der Waals surface area contributed by atoms with Gasteiger partial charge >= 0.3 is 0 Å². The lowest BCUT2D eigenvalue weighted by Gasteiger charge is -2.31. The van der Waals surface area contributed by atoms with E-state index in [0.717, 1.165) is 5.82 Å². The SMILES string of the molecule is Cc1nccn1CCC(=O)N1CCOC(SO)C1. The van der Waals surface area contributed by atoms with Gasteiger partial charge in [0, 0.05) is 43.9 Å². The van der Waals surface area contributed by atoms with Crippen LogP contribution in [0.4, 0.5) is 0 Å². The standard InChI is InChI=1S/C11H17N3O3S/c1-9-12-3-5-13(9)4-2-10(15)14-6-7-17-11(8-14)18-16/h3,5,11,16H,2,4,6-8H2,1H3. The monoisotopic (exact) mass is 271 g/mol. The Kier molecular flexibility index (Phi) is 4.62. The lowest BCUT2D eigenvalue weighted by Crippen LogP contribution is -2.44. The molecule has 1 aromatic rings. The van der Waals surface area contributed by atoms with Crippen LogP contribution in [0.3, 0.4) is 0 Å². The Labute approximate surface area is 110 Å². The second kappa shape index (κ2) is 6.21. The summed E-state index contributed by atoms with van der Waals surface area (Å²) in [5.41, 5.74) is -0.322. The van der Waals surface area contributed by atoms with Gasteiger partial charge in [-0.05, 0) is 6.92 Å². The first kappa shape index (κ1) is 13.4. The van der Waals surface area contributed by atoms with Crippen molar-refractivity contribution in [2.45, 2.75) is 25.3 Å². The van der Waals surface area contributed by atoms with E-state index < -0.39 is 0 Å². The van der Waals surface area contributed by atoms with Gasteiger partial charge in [-0.25, -0.2) is 4.98 Å². The zero-order chi connectivity index (χ0) is 13.0. The van der Waals surface area contributed by atoms with Gasteiger partial charge in [0.15, 0.2) is 0 Å². The van der Waals surface area contributed by atoms with E-state index in [1.165, 1.54) is 0 Å². The van der Waals surface area contributed by atoms with Crippen LogP contribution in [-0.2, 0) is 16.1 Å². The third-order valence-electron chi connectivity index (χ3n) is 2.99. The van der Waals surface area contributed by atoms with Crippen molar-refractivity contribution in [2.75, 3.05) is 19.7 Å². The Morgan fingerprint density at radius 2 is 2.56 bits per heavy atom. The molecule has 0 aliphatic carbocycles. The molecule has 18 heavy (non-hydrogen) atoms. The van der Waals surface area contributed by atoms with Crippen molar-refractivity contribution >= 4 is 17.9 Å². The van der Waals surface area contributed by atoms with Gasteiger partial charge in [-0.1, -0.05) is 0 Å². The van der Waals surface area contributed by atoms with Crippen LogP contribution in [0.15, 0.2) is 12.4 Å². The fourth-order valence-corrected chi connectivity index (χ4v) is 2.33. The van der Waals surface area contributed by atoms with E-state index in [0.29, 0.717) is 44.7 Å². The summed E-state index contributed by atoms with van der Waals surface area (Å²) in [6.07, 6.45) is 4.04. The number of imidazole rings is 1. The minimum Gasteiger partial charge on any atom is -0.362 e. The second-order valence-corrected chi connectivity index (χ2v) is 4.90. The molecule has 1 aromatic heterocycles. The van der Waals surface area contributed by atoms with Gasteiger partial charge < -0.3 is 18.8 Å². The molecule has 1 atom stereocenters. The number of hydrogen-bond acceptors (Lipinski definition) is 5. The Balaban J connectivity index is 1.82. The highest BCUT2D eigenvalue weighted by molar-refractivity contribution is 7.94. The number of carbonyl (C=O) groups is 1. The molecule has 1 unspecified atom stereocenters. The third kappa shape index (κ3) is 3.24. The topological polar surface area (TPSA) is 67.6 Å². The first-order valence-corrected chi connectivity index (χ1v) is 6.71. The number of carbonyl (C=O) groups excluding carboxylic acids is 1. The molecule has 0 radical (unpaired) electrons. The predicted octanol–water partition coefficient (Wildman–Crippen LogP) is 0.973. The predicted molar refractivity (Wildman–Crippen MR) is 68.1 cm³/mol. The molecular weight excluding hydrogens is 254 g/mol. The lowest BCUT2D eigenvalue weighted by molar-refractivity contribution is -0.136. The van der Waals surface area contributed by atoms with Gasteiger partial charge in [0.25, 0.3) is 0 Å². The van der Waals surface area contributed by atoms with Crippen LogP contribution in [0.25, 0.3) is 0 Å². The summed E-state index contributed by atoms with van der Waals surface area (Å²) in [5.74, 6) is 0.999. The van der Waals surface area contributed by atoms with Crippen molar-refractivity contribution in [2.24, 2.45) is 0 Å². The molecule has 0 spiro atoms. The van der Waals surface area contributed by atoms with Crippen LogP contribution in [0.1, 0.15) is 12.2 Å². The molecule has 6 nitrogen and oxygen atoms in total. The van der Waals surface area contributed by atoms with Gasteiger partial charge in [-0.3, -0.25) is 4.79 Å². The normalized spacial score (nSPS) is 20.1. The van der Waals surface area contributed by atoms with E-state index in [4.69, 9.17) is 9.29 Å². The lowest BCUT2D eigenvalue weighted by atomic mass is 10.3. The third-order valence-corrected chi connectivity index (χ3v) is 3.52. The van der Waals surface area contributed by atoms with Gasteiger partial charge in [-0.2, -0.15) is 0 Å². The van der Waals surface area contributed by atoms with Crippen LogP contribution >= 0.6 is 12.0 Å². The molecule has 1 aliphatic heterocycles. The molecule has 2 rings (SSSR count). The van der Waals surface area contributed by atoms with Crippen LogP contribution in [-0.4, -0.2) is 50.0 Å². The highest BCUT2D eigenvalue weighted by Crippen LogP contribution is 2.15. The van der Waals surface area contributed by atoms with E-state index >= 15 is 0 Å². The van der Waals surface area contributed by atoms with E-state index in [9.17, 15) is 4.79 Å². The fraction of sp³-hybridized carbons (Fsp3) is 0.636. The first-order valence-electron chi connectivity index (χ1n) is 5.88. The quantitative estimate of drug-likeness (QED) is 0.827. The van der Waals surface area contributed by atoms with Crippen LogP contribution < -0.4 is 0 Å². The minimum atomic E-state index is -0.322. The van der Waals surface area contributed by atoms with Crippen molar-refractivity contribution in [3.05, 3.63) is 18.2 Å². The summed E-state index contributed by atoms with van der Waals surface area (Å²) in [7, 11) is 0. The molecule has 1 N–H and O–H groups in total. The summed E-state index contributed by atoms with van der Waals surface area (Å²) in [6, 6.07) is 0. The molecule has 0 saturated carbocycles. The van der Waals surface area contributed by atoms with E-state index in [1.54, 1.807) is 11.1 Å². The average molecular weight is 271 g/mol. The van der Waals surface area contributed by atoms with Crippen molar-refractivity contribution < 1.29 is 14.1 Å². The van der Waals surface area contributed by atoms with Crippen molar-refractivity contribution in [3.63, 3.8) is 0 Å². The number of hydrogen-bond donors (Lipinski definition) is 1. The van der Waals surface area contributed by atoms with Gasteiger partial charge in [0.1, 0.15) is 11.3 Å². The molecule has 0 aromatic carbocycles. The van der Waals surface area contributed by atoms with Crippen molar-refractivity contribution in [3.8, 4) is 0 Å². The number of morpholine rings is 1. The van der Waals surface area contributed by atoms with E-state index in [1.807, 2.05) is 17.7 Å². The van der Waals surface area contributed by atoms with Crippen LogP contribution in [0.5, 0.6) is 0 Å². The van der Waals surface area contributed by atoms with Crippen LogP contribution in [0.2, 0.25) is 0 Å². The molecule has 1 aliphatic rings. The average Bonchev–Trinajstić information content (AvgIpc) is 2.81. The highest BCUT2D eigenvalue weighted by Gasteiger charge is 2.24. The second-order valence-electron chi connectivity index (χ2n) is 4.16. The number of rotatable bonds is 4. The van der Waals surface area contributed by atoms with E-state index in [2.05, 4.69) is 4.98 Å². The number of aromatic nitrogens is 2. The smallest absolute Gasteiger partial charge is 0.224 e. The number of ether oxygens (including phenoxy) is 1. The minimum absolute atomic E-state index is 0.0884. The van der Waals surface area contributed by atoms with Crippen LogP contribution in [0, 0.1) is 6.92 Å². The summed E-state index contributed by atoms with van der Waals surface area (Å²) in [6.45, 7) is 4.08. The Morgan fingerprint density at radius 3 is 3.22 bits per heavy atom. The summed E-state index contributed by atoms with van der Waals surface area (Å²) >= 11 is 0.654. The maximum atomic E-state index is 12.0. The van der Waals surface area contributed by atoms with Crippen molar-refractivity contribution in [1.29, 1.82) is 0 Å². The maximum Gasteiger partial charge on any atom is 0.224 e. The van der Waals surface area contributed by atoms with Gasteiger partial charge in [0.2, 0.25) is 5.91 Å². The summed E-state index contributed by atoms with van der Waals surface area (Å²) in [4.78, 5) is 17.9. The maximum absolute atomic E-state index is 12.0. The van der Waals surface area contributed by atoms with Gasteiger partial charge in [0.05, 0.1) is 13.2 Å². The summed E-state index contributed by atoms with van der Waals surface area (Å²) < 4.78 is 16.2. The molecule has 100 valence electrons. The molecule has 1 fully saturated rings. The largest absolute Gasteiger partial charge is 0.362 e. The van der Waals surface area contributed by atoms with E-state index in [-0.39, 0.29) is 11.3 Å². The Morgan fingerprint density at radius 1 is 1.72 bits per heavy atom.